The molecule has 0 aliphatic carbocycles. The van der Waals surface area contributed by atoms with E-state index >= 15 is 0 Å². The predicted molar refractivity (Wildman–Crippen MR) is 92.6 cm³/mol. The van der Waals surface area contributed by atoms with Crippen LogP contribution in [0.2, 0.25) is 0 Å². The van der Waals surface area contributed by atoms with Crippen LogP contribution in [0.15, 0.2) is 41.8 Å². The third-order valence-corrected chi connectivity index (χ3v) is 5.24. The molecule has 1 aliphatic rings. The Morgan fingerprint density at radius 1 is 1.22 bits per heavy atom. The molecule has 0 unspecified atom stereocenters. The number of aromatic nitrogens is 2. The summed E-state index contributed by atoms with van der Waals surface area (Å²) in [6.45, 7) is 3.50. The average molecular weight is 330 g/mol. The van der Waals surface area contributed by atoms with Crippen molar-refractivity contribution in [1.82, 2.24) is 19.4 Å². The van der Waals surface area contributed by atoms with Gasteiger partial charge in [0.15, 0.2) is 5.16 Å². The van der Waals surface area contributed by atoms with E-state index in [4.69, 9.17) is 0 Å². The number of carbonyl (C=O) groups excluding carboxylic acids is 1. The normalized spacial score (nSPS) is 15.8. The molecule has 6 heteroatoms. The van der Waals surface area contributed by atoms with Gasteiger partial charge in [0.1, 0.15) is 0 Å². The molecule has 0 atom stereocenters. The number of aryl methyl sites for hydroxylation is 1. The lowest BCUT2D eigenvalue weighted by molar-refractivity contribution is 0.0664. The minimum absolute atomic E-state index is 0.141. The van der Waals surface area contributed by atoms with E-state index in [0.717, 1.165) is 48.2 Å². The van der Waals surface area contributed by atoms with Gasteiger partial charge in [-0.3, -0.25) is 4.79 Å². The summed E-state index contributed by atoms with van der Waals surface area (Å²) >= 11 is 1.68. The summed E-state index contributed by atoms with van der Waals surface area (Å²) in [7, 11) is 4.08. The van der Waals surface area contributed by atoms with Gasteiger partial charge in [-0.1, -0.05) is 23.9 Å². The maximum absolute atomic E-state index is 12.6. The van der Waals surface area contributed by atoms with Crippen molar-refractivity contribution in [2.75, 3.05) is 33.2 Å². The van der Waals surface area contributed by atoms with Crippen LogP contribution in [0.5, 0.6) is 0 Å². The molecule has 23 heavy (non-hydrogen) atoms. The van der Waals surface area contributed by atoms with Crippen LogP contribution in [0.1, 0.15) is 15.9 Å². The number of amides is 1. The molecule has 1 saturated heterocycles. The van der Waals surface area contributed by atoms with Crippen molar-refractivity contribution in [3.63, 3.8) is 0 Å². The first kappa shape index (κ1) is 16.1. The first-order valence-corrected chi connectivity index (χ1v) is 8.79. The number of thioether (sulfide) groups is 1. The number of rotatable bonds is 4. The van der Waals surface area contributed by atoms with Crippen molar-refractivity contribution in [2.45, 2.75) is 10.9 Å². The highest BCUT2D eigenvalue weighted by Gasteiger charge is 2.20. The lowest BCUT2D eigenvalue weighted by Crippen LogP contribution is -2.47. The Kier molecular flexibility index (Phi) is 5.03. The number of nitrogens with zero attached hydrogens (tertiary/aromatic N) is 4. The Hall–Kier alpha value is -1.79. The summed E-state index contributed by atoms with van der Waals surface area (Å²) in [5.41, 5.74) is 1.94. The first-order valence-electron chi connectivity index (χ1n) is 7.80. The SMILES string of the molecule is CN1CCN(C(=O)c2cccc(CSc3nccn3C)c2)CC1. The van der Waals surface area contributed by atoms with E-state index in [0.29, 0.717) is 0 Å². The Morgan fingerprint density at radius 3 is 2.70 bits per heavy atom. The summed E-state index contributed by atoms with van der Waals surface area (Å²) < 4.78 is 2.00. The molecule has 1 amide bonds. The molecule has 1 aromatic heterocycles. The molecule has 2 aromatic rings. The third-order valence-electron chi connectivity index (χ3n) is 4.11. The fraction of sp³-hybridized carbons (Fsp3) is 0.412. The maximum atomic E-state index is 12.6. The highest BCUT2D eigenvalue weighted by atomic mass is 32.2. The van der Waals surface area contributed by atoms with E-state index in [-0.39, 0.29) is 5.91 Å². The van der Waals surface area contributed by atoms with Gasteiger partial charge in [0, 0.05) is 56.9 Å². The summed E-state index contributed by atoms with van der Waals surface area (Å²) in [6, 6.07) is 7.96. The third kappa shape index (κ3) is 3.95. The van der Waals surface area contributed by atoms with Gasteiger partial charge in [-0.2, -0.15) is 0 Å². The molecule has 1 fully saturated rings. The monoisotopic (exact) mass is 330 g/mol. The average Bonchev–Trinajstić information content (AvgIpc) is 2.98. The van der Waals surface area contributed by atoms with Crippen LogP contribution >= 0.6 is 11.8 Å². The van der Waals surface area contributed by atoms with Crippen molar-refractivity contribution in [3.05, 3.63) is 47.8 Å². The number of hydrogen-bond acceptors (Lipinski definition) is 4. The van der Waals surface area contributed by atoms with Gasteiger partial charge in [0.25, 0.3) is 5.91 Å². The topological polar surface area (TPSA) is 41.4 Å². The fourth-order valence-corrected chi connectivity index (χ4v) is 3.50. The quantitative estimate of drug-likeness (QED) is 0.805. The van der Waals surface area contributed by atoms with Crippen LogP contribution in [-0.4, -0.2) is 58.5 Å². The van der Waals surface area contributed by atoms with Gasteiger partial charge in [0.2, 0.25) is 0 Å². The van der Waals surface area contributed by atoms with Gasteiger partial charge >= 0.3 is 0 Å². The number of likely N-dealkylation sites (N-methyl/N-ethyl adjacent to an activating group) is 1. The highest BCUT2D eigenvalue weighted by Crippen LogP contribution is 2.21. The number of benzene rings is 1. The molecule has 0 radical (unpaired) electrons. The minimum Gasteiger partial charge on any atom is -0.336 e. The van der Waals surface area contributed by atoms with Crippen molar-refractivity contribution in [2.24, 2.45) is 7.05 Å². The number of piperazine rings is 1. The Labute approximate surface area is 141 Å². The van der Waals surface area contributed by atoms with Crippen molar-refractivity contribution in [1.29, 1.82) is 0 Å². The Bertz CT molecular complexity index is 677. The maximum Gasteiger partial charge on any atom is 0.253 e. The van der Waals surface area contributed by atoms with Crippen molar-refractivity contribution in [3.8, 4) is 0 Å². The molecule has 122 valence electrons. The summed E-state index contributed by atoms with van der Waals surface area (Å²) in [5, 5.41) is 0.987. The first-order chi connectivity index (χ1) is 11.1. The van der Waals surface area contributed by atoms with Crippen LogP contribution in [0.25, 0.3) is 0 Å². The molecular weight excluding hydrogens is 308 g/mol. The number of imidazole rings is 1. The second-order valence-electron chi connectivity index (χ2n) is 5.91. The molecular formula is C17H22N4OS. The van der Waals surface area contributed by atoms with E-state index in [9.17, 15) is 4.79 Å². The van der Waals surface area contributed by atoms with Crippen LogP contribution in [0.4, 0.5) is 0 Å². The molecule has 2 heterocycles. The molecule has 0 spiro atoms. The summed E-state index contributed by atoms with van der Waals surface area (Å²) in [6.07, 6.45) is 3.74. The van der Waals surface area contributed by atoms with E-state index in [2.05, 4.69) is 23.0 Å². The van der Waals surface area contributed by atoms with Crippen molar-refractivity contribution < 1.29 is 4.79 Å². The number of hydrogen-bond donors (Lipinski definition) is 0. The van der Waals surface area contributed by atoms with Gasteiger partial charge in [-0.15, -0.1) is 0 Å². The van der Waals surface area contributed by atoms with Gasteiger partial charge < -0.3 is 14.4 Å². The van der Waals surface area contributed by atoms with E-state index in [1.54, 1.807) is 18.0 Å². The van der Waals surface area contributed by atoms with E-state index in [1.165, 1.54) is 0 Å². The molecule has 0 bridgehead atoms. The Morgan fingerprint density at radius 2 is 2.00 bits per heavy atom. The molecule has 3 rings (SSSR count). The summed E-state index contributed by atoms with van der Waals surface area (Å²) in [5.74, 6) is 0.955. The lowest BCUT2D eigenvalue weighted by Gasteiger charge is -2.32. The minimum atomic E-state index is 0.141. The van der Waals surface area contributed by atoms with Crippen LogP contribution < -0.4 is 0 Å². The molecule has 0 N–H and O–H groups in total. The van der Waals surface area contributed by atoms with Gasteiger partial charge in [-0.05, 0) is 24.7 Å². The van der Waals surface area contributed by atoms with E-state index in [1.807, 2.05) is 40.9 Å². The molecule has 1 aromatic carbocycles. The van der Waals surface area contributed by atoms with Crippen molar-refractivity contribution >= 4 is 17.7 Å². The molecule has 5 nitrogen and oxygen atoms in total. The molecule has 1 aliphatic heterocycles. The zero-order chi connectivity index (χ0) is 16.2. The highest BCUT2D eigenvalue weighted by molar-refractivity contribution is 7.98. The largest absolute Gasteiger partial charge is 0.336 e. The van der Waals surface area contributed by atoms with E-state index < -0.39 is 0 Å². The van der Waals surface area contributed by atoms with Gasteiger partial charge in [-0.25, -0.2) is 4.98 Å². The second-order valence-corrected chi connectivity index (χ2v) is 6.85. The fourth-order valence-electron chi connectivity index (χ4n) is 2.63. The van der Waals surface area contributed by atoms with Gasteiger partial charge in [0.05, 0.1) is 0 Å². The second kappa shape index (κ2) is 7.19. The zero-order valence-electron chi connectivity index (χ0n) is 13.6. The Balaban J connectivity index is 1.65. The standard InChI is InChI=1S/C17H22N4OS/c1-19-8-10-21(11-9-19)16(22)15-5-3-4-14(12-15)13-23-17-18-6-7-20(17)2/h3-7,12H,8-11,13H2,1-2H3. The van der Waals surface area contributed by atoms with Crippen LogP contribution in [0.3, 0.4) is 0 Å². The smallest absolute Gasteiger partial charge is 0.253 e. The van der Waals surface area contributed by atoms with Crippen LogP contribution in [0, 0.1) is 0 Å². The predicted octanol–water partition coefficient (Wildman–Crippen LogP) is 2.10. The lowest BCUT2D eigenvalue weighted by atomic mass is 10.1. The zero-order valence-corrected chi connectivity index (χ0v) is 14.4. The molecule has 0 saturated carbocycles. The number of carbonyl (C=O) groups is 1. The van der Waals surface area contributed by atoms with Crippen LogP contribution in [-0.2, 0) is 12.8 Å². The summed E-state index contributed by atoms with van der Waals surface area (Å²) in [4.78, 5) is 21.1.